The Balaban J connectivity index is 1.45. The molecule has 0 radical (unpaired) electrons. The number of hydrazone groups is 1. The highest BCUT2D eigenvalue weighted by Gasteiger charge is 2.20. The molecule has 5 rings (SSSR count). The van der Waals surface area contributed by atoms with Crippen molar-refractivity contribution in [3.05, 3.63) is 116 Å². The van der Waals surface area contributed by atoms with Crippen molar-refractivity contribution in [3.8, 4) is 16.9 Å². The third-order valence-corrected chi connectivity index (χ3v) is 7.57. The number of benzene rings is 4. The number of nitrogens with zero attached hydrogens (tertiary/aromatic N) is 2. The number of esters is 1. The van der Waals surface area contributed by atoms with Gasteiger partial charge in [0, 0.05) is 51.3 Å². The molecule has 1 amide bonds. The average molecular weight is 695 g/mol. The Hall–Kier alpha value is -3.92. The maximum atomic E-state index is 13.4. The number of fused-ring (bicyclic) bond motifs is 1. The normalized spacial score (nSPS) is 11.1. The minimum atomic E-state index is -0.564. The highest BCUT2D eigenvalue weighted by Crippen LogP contribution is 2.35. The lowest BCUT2D eigenvalue weighted by atomic mass is 10.0. The fraction of sp³-hybridized carbons (Fsp3) is 0.0645. The molecule has 0 atom stereocenters. The van der Waals surface area contributed by atoms with Crippen LogP contribution in [0.4, 0.5) is 5.69 Å². The van der Waals surface area contributed by atoms with Crippen LogP contribution in [0, 0.1) is 0 Å². The van der Waals surface area contributed by atoms with Gasteiger partial charge in [-0.15, -0.1) is 0 Å². The van der Waals surface area contributed by atoms with Gasteiger partial charge in [-0.25, -0.2) is 10.2 Å². The van der Waals surface area contributed by atoms with E-state index in [1.165, 1.54) is 6.21 Å². The Morgan fingerprint density at radius 2 is 1.71 bits per heavy atom. The Morgan fingerprint density at radius 3 is 2.41 bits per heavy atom. The van der Waals surface area contributed by atoms with Crippen LogP contribution in [0.3, 0.4) is 0 Å². The maximum absolute atomic E-state index is 13.4. The van der Waals surface area contributed by atoms with Crippen molar-refractivity contribution in [2.75, 3.05) is 19.0 Å². The standard InChI is InChI=1S/C31H23Br2ClN4O3/c1-38(2)23-12-13-26-24(16-23)27(18-6-4-3-5-7-18)28(36-26)30(39)37-35-17-20-14-21(32)15-25(33)29(20)41-31(40)19-8-10-22(34)11-9-19/h3-17,36H,1-2H3,(H,37,39). The number of carbonyl (C=O) groups excluding carboxylic acids is 2. The number of rotatable bonds is 7. The smallest absolute Gasteiger partial charge is 0.343 e. The molecule has 4 aromatic carbocycles. The van der Waals surface area contributed by atoms with Gasteiger partial charge in [0.1, 0.15) is 5.69 Å². The van der Waals surface area contributed by atoms with Gasteiger partial charge in [0.05, 0.1) is 16.3 Å². The van der Waals surface area contributed by atoms with Gasteiger partial charge < -0.3 is 14.6 Å². The minimum absolute atomic E-state index is 0.248. The van der Waals surface area contributed by atoms with Crippen LogP contribution in [0.1, 0.15) is 26.4 Å². The molecule has 5 aromatic rings. The number of H-pyrrole nitrogens is 1. The fourth-order valence-electron chi connectivity index (χ4n) is 4.27. The van der Waals surface area contributed by atoms with Crippen molar-refractivity contribution in [2.24, 2.45) is 5.10 Å². The Bertz CT molecular complexity index is 1790. The van der Waals surface area contributed by atoms with Gasteiger partial charge in [0.15, 0.2) is 5.75 Å². The van der Waals surface area contributed by atoms with E-state index in [4.69, 9.17) is 16.3 Å². The summed E-state index contributed by atoms with van der Waals surface area (Å²) in [5.74, 6) is -0.736. The number of aromatic nitrogens is 1. The quantitative estimate of drug-likeness (QED) is 0.0782. The van der Waals surface area contributed by atoms with Gasteiger partial charge in [-0.2, -0.15) is 5.10 Å². The molecule has 1 aromatic heterocycles. The number of ether oxygens (including phenoxy) is 1. The molecule has 0 spiro atoms. The van der Waals surface area contributed by atoms with Gasteiger partial charge in [-0.1, -0.05) is 57.9 Å². The highest BCUT2D eigenvalue weighted by atomic mass is 79.9. The molecule has 0 aliphatic heterocycles. The van der Waals surface area contributed by atoms with Crippen LogP contribution in [0.2, 0.25) is 5.02 Å². The van der Waals surface area contributed by atoms with E-state index in [2.05, 4.69) is 53.4 Å². The van der Waals surface area contributed by atoms with E-state index in [0.29, 0.717) is 26.3 Å². The molecule has 0 saturated carbocycles. The van der Waals surface area contributed by atoms with E-state index in [9.17, 15) is 9.59 Å². The number of halogens is 3. The topological polar surface area (TPSA) is 86.8 Å². The Labute approximate surface area is 258 Å². The second-order valence-electron chi connectivity index (χ2n) is 9.27. The van der Waals surface area contributed by atoms with Crippen molar-refractivity contribution in [3.63, 3.8) is 0 Å². The van der Waals surface area contributed by atoms with Gasteiger partial charge in [0.25, 0.3) is 5.91 Å². The number of nitrogens with one attached hydrogen (secondary N) is 2. The number of carbonyl (C=O) groups is 2. The number of hydrogen-bond donors (Lipinski definition) is 2. The second kappa shape index (κ2) is 12.3. The van der Waals surface area contributed by atoms with Crippen LogP contribution < -0.4 is 15.1 Å². The molecule has 1 heterocycles. The summed E-state index contributed by atoms with van der Waals surface area (Å²) in [6.07, 6.45) is 1.42. The average Bonchev–Trinajstić information content (AvgIpc) is 3.34. The number of aromatic amines is 1. The molecule has 10 heteroatoms. The lowest BCUT2D eigenvalue weighted by Crippen LogP contribution is -2.19. The van der Waals surface area contributed by atoms with Crippen molar-refractivity contribution in [1.29, 1.82) is 0 Å². The molecule has 0 saturated heterocycles. The predicted octanol–water partition coefficient (Wildman–Crippen LogP) is 8.06. The zero-order valence-corrected chi connectivity index (χ0v) is 25.8. The third-order valence-electron chi connectivity index (χ3n) is 6.27. The SMILES string of the molecule is CN(C)c1ccc2[nH]c(C(=O)NN=Cc3cc(Br)cc(Br)c3OC(=O)c3ccc(Cl)cc3)c(-c3ccccc3)c2c1. The summed E-state index contributed by atoms with van der Waals surface area (Å²) in [4.78, 5) is 31.5. The molecular weight excluding hydrogens is 672 g/mol. The first-order valence-corrected chi connectivity index (χ1v) is 14.4. The number of hydrogen-bond acceptors (Lipinski definition) is 5. The molecule has 41 heavy (non-hydrogen) atoms. The summed E-state index contributed by atoms with van der Waals surface area (Å²) >= 11 is 12.8. The first-order chi connectivity index (χ1) is 19.7. The van der Waals surface area contributed by atoms with Gasteiger partial charge >= 0.3 is 5.97 Å². The van der Waals surface area contributed by atoms with Gasteiger partial charge in [-0.05, 0) is 76.1 Å². The summed E-state index contributed by atoms with van der Waals surface area (Å²) in [7, 11) is 3.94. The molecule has 0 aliphatic rings. The Kier molecular flexibility index (Phi) is 8.58. The molecule has 2 N–H and O–H groups in total. The summed E-state index contributed by atoms with van der Waals surface area (Å²) in [5.41, 5.74) is 7.32. The fourth-order valence-corrected chi connectivity index (χ4v) is 5.74. The summed E-state index contributed by atoms with van der Waals surface area (Å²) in [5, 5.41) is 5.63. The van der Waals surface area contributed by atoms with Crippen molar-refractivity contribution in [1.82, 2.24) is 10.4 Å². The predicted molar refractivity (Wildman–Crippen MR) is 171 cm³/mol. The summed E-state index contributed by atoms with van der Waals surface area (Å²) in [6, 6.07) is 25.6. The lowest BCUT2D eigenvalue weighted by Gasteiger charge is -2.12. The van der Waals surface area contributed by atoms with Crippen molar-refractivity contribution >= 4 is 78.1 Å². The molecular formula is C31H23Br2ClN4O3. The van der Waals surface area contributed by atoms with Crippen molar-refractivity contribution < 1.29 is 14.3 Å². The van der Waals surface area contributed by atoms with Crippen LogP contribution in [0.15, 0.2) is 99.0 Å². The monoisotopic (exact) mass is 692 g/mol. The second-order valence-corrected chi connectivity index (χ2v) is 11.5. The molecule has 0 aliphatic carbocycles. The lowest BCUT2D eigenvalue weighted by molar-refractivity contribution is 0.0733. The first kappa shape index (κ1) is 28.6. The van der Waals surface area contributed by atoms with Crippen molar-refractivity contribution in [2.45, 2.75) is 0 Å². The van der Waals surface area contributed by atoms with E-state index in [1.807, 2.05) is 61.5 Å². The third kappa shape index (κ3) is 6.37. The molecule has 0 bridgehead atoms. The van der Waals surface area contributed by atoms with Crippen LogP contribution in [-0.2, 0) is 0 Å². The molecule has 0 fully saturated rings. The van der Waals surface area contributed by atoms with E-state index in [1.54, 1.807) is 36.4 Å². The summed E-state index contributed by atoms with van der Waals surface area (Å²) in [6.45, 7) is 0. The van der Waals surface area contributed by atoms with Crippen LogP contribution in [0.25, 0.3) is 22.0 Å². The van der Waals surface area contributed by atoms with E-state index in [-0.39, 0.29) is 5.75 Å². The summed E-state index contributed by atoms with van der Waals surface area (Å²) < 4.78 is 6.94. The van der Waals surface area contributed by atoms with Crippen LogP contribution in [0.5, 0.6) is 5.75 Å². The number of anilines is 1. The van der Waals surface area contributed by atoms with E-state index in [0.717, 1.165) is 32.2 Å². The maximum Gasteiger partial charge on any atom is 0.343 e. The van der Waals surface area contributed by atoms with Gasteiger partial charge in [0.2, 0.25) is 0 Å². The molecule has 0 unspecified atom stereocenters. The van der Waals surface area contributed by atoms with Crippen LogP contribution >= 0.6 is 43.5 Å². The Morgan fingerprint density at radius 1 is 0.976 bits per heavy atom. The minimum Gasteiger partial charge on any atom is -0.421 e. The zero-order valence-electron chi connectivity index (χ0n) is 21.9. The van der Waals surface area contributed by atoms with Crippen LogP contribution in [-0.4, -0.2) is 37.2 Å². The zero-order chi connectivity index (χ0) is 29.1. The largest absolute Gasteiger partial charge is 0.421 e. The number of amides is 1. The first-order valence-electron chi connectivity index (χ1n) is 12.4. The van der Waals surface area contributed by atoms with Gasteiger partial charge in [-0.3, -0.25) is 4.79 Å². The van der Waals surface area contributed by atoms with E-state index < -0.39 is 11.9 Å². The highest BCUT2D eigenvalue weighted by molar-refractivity contribution is 9.11. The molecule has 7 nitrogen and oxygen atoms in total. The molecule has 206 valence electrons. The van der Waals surface area contributed by atoms with E-state index >= 15 is 0 Å².